The maximum Gasteiger partial charge on any atom is 0.233 e. The van der Waals surface area contributed by atoms with Crippen LogP contribution >= 0.6 is 0 Å². The number of ether oxygens (including phenoxy) is 1. The summed E-state index contributed by atoms with van der Waals surface area (Å²) in [7, 11) is 0. The molecule has 0 atom stereocenters. The lowest BCUT2D eigenvalue weighted by molar-refractivity contribution is 0.277. The van der Waals surface area contributed by atoms with Gasteiger partial charge in [-0.2, -0.15) is 0 Å². The van der Waals surface area contributed by atoms with Crippen LogP contribution in [0.4, 0.5) is 4.39 Å². The highest BCUT2D eigenvalue weighted by molar-refractivity contribution is 5.60. The van der Waals surface area contributed by atoms with E-state index < -0.39 is 0 Å². The minimum absolute atomic E-state index is 0.226. The summed E-state index contributed by atoms with van der Waals surface area (Å²) in [6.45, 7) is 4.99. The van der Waals surface area contributed by atoms with E-state index in [1.807, 2.05) is 19.1 Å². The zero-order chi connectivity index (χ0) is 18.4. The molecular formula is C22H29FN2O. The first-order valence-corrected chi connectivity index (χ1v) is 9.91. The van der Waals surface area contributed by atoms with Gasteiger partial charge in [0.2, 0.25) is 5.88 Å². The van der Waals surface area contributed by atoms with Crippen molar-refractivity contribution in [2.24, 2.45) is 11.8 Å². The molecule has 0 amide bonds. The number of aromatic nitrogens is 2. The van der Waals surface area contributed by atoms with Crippen LogP contribution in [0.1, 0.15) is 57.9 Å². The third kappa shape index (κ3) is 5.03. The second-order valence-corrected chi connectivity index (χ2v) is 7.58. The summed E-state index contributed by atoms with van der Waals surface area (Å²) in [4.78, 5) is 0. The van der Waals surface area contributed by atoms with Gasteiger partial charge in [0.15, 0.2) is 0 Å². The predicted molar refractivity (Wildman–Crippen MR) is 103 cm³/mol. The fourth-order valence-corrected chi connectivity index (χ4v) is 3.66. The summed E-state index contributed by atoms with van der Waals surface area (Å²) in [5.74, 6) is 1.93. The highest BCUT2D eigenvalue weighted by Gasteiger charge is 2.18. The smallest absolute Gasteiger partial charge is 0.233 e. The van der Waals surface area contributed by atoms with E-state index >= 15 is 0 Å². The van der Waals surface area contributed by atoms with E-state index in [0.717, 1.165) is 36.7 Å². The van der Waals surface area contributed by atoms with Crippen LogP contribution in [-0.2, 0) is 6.42 Å². The van der Waals surface area contributed by atoms with E-state index in [2.05, 4.69) is 17.1 Å². The summed E-state index contributed by atoms with van der Waals surface area (Å²) < 4.78 is 20.0. The van der Waals surface area contributed by atoms with Gasteiger partial charge in [0, 0.05) is 11.6 Å². The second-order valence-electron chi connectivity index (χ2n) is 7.58. The van der Waals surface area contributed by atoms with E-state index in [4.69, 9.17) is 4.74 Å². The average molecular weight is 356 g/mol. The van der Waals surface area contributed by atoms with Gasteiger partial charge in [-0.05, 0) is 54.9 Å². The number of aryl methyl sites for hydroxylation is 1. The Morgan fingerprint density at radius 1 is 1.08 bits per heavy atom. The minimum Gasteiger partial charge on any atom is -0.477 e. The van der Waals surface area contributed by atoms with Crippen molar-refractivity contribution in [1.29, 1.82) is 0 Å². The number of hydrogen-bond donors (Lipinski definition) is 0. The van der Waals surface area contributed by atoms with Crippen molar-refractivity contribution in [3.05, 3.63) is 41.7 Å². The zero-order valence-corrected chi connectivity index (χ0v) is 15.9. The van der Waals surface area contributed by atoms with E-state index in [-0.39, 0.29) is 5.82 Å². The molecule has 0 aliphatic heterocycles. The Balaban J connectivity index is 1.60. The fourth-order valence-electron chi connectivity index (χ4n) is 3.66. The SMILES string of the molecule is CCCOc1ccc(-c2ccc(CCC3CCC(C)CC3)cc2F)nn1. The van der Waals surface area contributed by atoms with Crippen LogP contribution in [0.3, 0.4) is 0 Å². The molecule has 140 valence electrons. The van der Waals surface area contributed by atoms with Gasteiger partial charge >= 0.3 is 0 Å². The average Bonchev–Trinajstić information content (AvgIpc) is 2.66. The molecule has 1 aromatic carbocycles. The van der Waals surface area contributed by atoms with Crippen molar-refractivity contribution < 1.29 is 9.13 Å². The Morgan fingerprint density at radius 2 is 1.88 bits per heavy atom. The van der Waals surface area contributed by atoms with Crippen LogP contribution in [0.5, 0.6) is 5.88 Å². The van der Waals surface area contributed by atoms with Crippen molar-refractivity contribution in [1.82, 2.24) is 10.2 Å². The molecule has 3 rings (SSSR count). The first-order valence-electron chi connectivity index (χ1n) is 9.91. The van der Waals surface area contributed by atoms with Gasteiger partial charge in [0.05, 0.1) is 12.3 Å². The van der Waals surface area contributed by atoms with Gasteiger partial charge in [-0.1, -0.05) is 45.6 Å². The largest absolute Gasteiger partial charge is 0.477 e. The van der Waals surface area contributed by atoms with Crippen LogP contribution in [-0.4, -0.2) is 16.8 Å². The lowest BCUT2D eigenvalue weighted by atomic mass is 9.80. The molecule has 1 aromatic heterocycles. The Morgan fingerprint density at radius 3 is 2.54 bits per heavy atom. The summed E-state index contributed by atoms with van der Waals surface area (Å²) in [6.07, 6.45) is 8.36. The van der Waals surface area contributed by atoms with Crippen molar-refractivity contribution in [2.45, 2.75) is 58.8 Å². The van der Waals surface area contributed by atoms with Crippen molar-refractivity contribution in [3.63, 3.8) is 0 Å². The molecule has 1 aliphatic rings. The Kier molecular flexibility index (Phi) is 6.59. The number of hydrogen-bond acceptors (Lipinski definition) is 3. The lowest BCUT2D eigenvalue weighted by Crippen LogP contribution is -2.12. The number of benzene rings is 1. The molecule has 0 spiro atoms. The second kappa shape index (κ2) is 9.11. The van der Waals surface area contributed by atoms with E-state index in [0.29, 0.717) is 23.7 Å². The summed E-state index contributed by atoms with van der Waals surface area (Å²) in [6, 6.07) is 9.01. The summed E-state index contributed by atoms with van der Waals surface area (Å²) in [5.41, 5.74) is 2.11. The van der Waals surface area contributed by atoms with Crippen LogP contribution in [0.2, 0.25) is 0 Å². The third-order valence-corrected chi connectivity index (χ3v) is 5.38. The first-order chi connectivity index (χ1) is 12.7. The molecule has 4 heteroatoms. The summed E-state index contributed by atoms with van der Waals surface area (Å²) >= 11 is 0. The van der Waals surface area contributed by atoms with Crippen LogP contribution in [0, 0.1) is 17.7 Å². The molecule has 1 saturated carbocycles. The van der Waals surface area contributed by atoms with Crippen molar-refractivity contribution in [3.8, 4) is 17.1 Å². The lowest BCUT2D eigenvalue weighted by Gasteiger charge is -2.26. The van der Waals surface area contributed by atoms with E-state index in [1.54, 1.807) is 18.2 Å². The monoisotopic (exact) mass is 356 g/mol. The molecule has 0 unspecified atom stereocenters. The highest BCUT2D eigenvalue weighted by Crippen LogP contribution is 2.31. The maximum atomic E-state index is 14.6. The van der Waals surface area contributed by atoms with Crippen molar-refractivity contribution in [2.75, 3.05) is 6.61 Å². The van der Waals surface area contributed by atoms with Crippen LogP contribution in [0.15, 0.2) is 30.3 Å². The van der Waals surface area contributed by atoms with E-state index in [1.165, 1.54) is 25.7 Å². The number of nitrogens with zero attached hydrogens (tertiary/aromatic N) is 2. The number of halogens is 1. The molecule has 1 aliphatic carbocycles. The molecular weight excluding hydrogens is 327 g/mol. The molecule has 2 aromatic rings. The maximum absolute atomic E-state index is 14.6. The van der Waals surface area contributed by atoms with Gasteiger partial charge in [0.25, 0.3) is 0 Å². The zero-order valence-electron chi connectivity index (χ0n) is 15.9. The van der Waals surface area contributed by atoms with Crippen molar-refractivity contribution >= 4 is 0 Å². The number of rotatable bonds is 7. The Bertz CT molecular complexity index is 694. The Hall–Kier alpha value is -1.97. The van der Waals surface area contributed by atoms with Gasteiger partial charge in [-0.25, -0.2) is 4.39 Å². The van der Waals surface area contributed by atoms with Gasteiger partial charge in [0.1, 0.15) is 5.82 Å². The van der Waals surface area contributed by atoms with Gasteiger partial charge < -0.3 is 4.74 Å². The fraction of sp³-hybridized carbons (Fsp3) is 0.545. The first kappa shape index (κ1) is 18.8. The molecule has 0 saturated heterocycles. The van der Waals surface area contributed by atoms with Gasteiger partial charge in [-0.15, -0.1) is 10.2 Å². The standard InChI is InChI=1S/C22H29FN2O/c1-3-14-26-22-13-12-21(24-25-22)19-11-10-18(15-20(19)23)9-8-17-6-4-16(2)5-7-17/h10-13,15-17H,3-9,14H2,1-2H3. The summed E-state index contributed by atoms with van der Waals surface area (Å²) in [5, 5.41) is 8.12. The molecule has 3 nitrogen and oxygen atoms in total. The topological polar surface area (TPSA) is 35.0 Å². The van der Waals surface area contributed by atoms with E-state index in [9.17, 15) is 4.39 Å². The highest BCUT2D eigenvalue weighted by atomic mass is 19.1. The molecule has 1 heterocycles. The minimum atomic E-state index is -0.226. The molecule has 26 heavy (non-hydrogen) atoms. The van der Waals surface area contributed by atoms with Crippen LogP contribution < -0.4 is 4.74 Å². The van der Waals surface area contributed by atoms with Gasteiger partial charge in [-0.3, -0.25) is 0 Å². The molecule has 1 fully saturated rings. The molecule has 0 bridgehead atoms. The Labute approximate surface area is 156 Å². The molecule has 0 N–H and O–H groups in total. The normalized spacial score (nSPS) is 20.1. The molecule has 0 radical (unpaired) electrons. The third-order valence-electron chi connectivity index (χ3n) is 5.38. The predicted octanol–water partition coefficient (Wildman–Crippen LogP) is 5.83. The van der Waals surface area contributed by atoms with Crippen LogP contribution in [0.25, 0.3) is 11.3 Å². The quantitative estimate of drug-likeness (QED) is 0.626.